The number of aromatic nitrogens is 4. The highest BCUT2D eigenvalue weighted by Gasteiger charge is 2.20. The summed E-state index contributed by atoms with van der Waals surface area (Å²) in [6.07, 6.45) is 0. The van der Waals surface area contributed by atoms with E-state index in [1.165, 1.54) is 20.2 Å². The molecule has 60 heavy (non-hydrogen) atoms. The summed E-state index contributed by atoms with van der Waals surface area (Å²) in [5.74, 6) is 1.83. The third-order valence-corrected chi connectivity index (χ3v) is 12.5. The molecule has 0 unspecified atom stereocenters. The van der Waals surface area contributed by atoms with Crippen LogP contribution in [0.4, 0.5) is 0 Å². The number of pyridine rings is 1. The van der Waals surface area contributed by atoms with E-state index in [1.807, 2.05) is 59.9 Å². The van der Waals surface area contributed by atoms with Gasteiger partial charge in [0.25, 0.3) is 0 Å². The first kappa shape index (κ1) is 34.3. The minimum absolute atomic E-state index is 0.604. The average Bonchev–Trinajstić information content (AvgIpc) is 3.91. The summed E-state index contributed by atoms with van der Waals surface area (Å²) in [7, 11) is 0. The topological polar surface area (TPSA) is 64.7 Å². The molecule has 0 saturated carbocycles. The summed E-state index contributed by atoms with van der Waals surface area (Å²) in [6, 6.07) is 67.2. The Balaban J connectivity index is 0.995. The third kappa shape index (κ3) is 5.69. The smallest absolute Gasteiger partial charge is 0.164 e. The number of rotatable bonds is 6. The zero-order valence-corrected chi connectivity index (χ0v) is 32.9. The van der Waals surface area contributed by atoms with Gasteiger partial charge in [-0.25, -0.2) is 19.9 Å². The Bertz CT molecular complexity index is 3600. The number of fused-ring (bicyclic) bond motifs is 8. The highest BCUT2D eigenvalue weighted by atomic mass is 32.1. The van der Waals surface area contributed by atoms with Crippen LogP contribution in [0.25, 0.3) is 121 Å². The second-order valence-corrected chi connectivity index (χ2v) is 16.0. The molecule has 0 aliphatic carbocycles. The second-order valence-electron chi connectivity index (χ2n) is 14.9. The van der Waals surface area contributed by atoms with E-state index < -0.39 is 0 Å². The van der Waals surface area contributed by atoms with Crippen molar-refractivity contribution in [3.63, 3.8) is 0 Å². The lowest BCUT2D eigenvalue weighted by Crippen LogP contribution is -2.00. The SMILES string of the molecule is c1ccc(-c2nc(-c3ccc(-c4cccc5c4oc4ccccc45)cc3)nc(-c3cccc(-c4cccc5nc(-c6ccccc6)c6sc7ccccc7c6c45)c3)n2)cc1. The first-order valence-corrected chi connectivity index (χ1v) is 20.8. The second kappa shape index (κ2) is 13.9. The number of hydrogen-bond acceptors (Lipinski definition) is 6. The molecule has 0 saturated heterocycles. The number of para-hydroxylation sites is 2. The molecule has 6 heteroatoms. The van der Waals surface area contributed by atoms with Crippen LogP contribution in [0.15, 0.2) is 199 Å². The molecular formula is C54H32N4OS. The van der Waals surface area contributed by atoms with Crippen LogP contribution in [0, 0.1) is 0 Å². The number of thiophene rings is 1. The molecule has 0 bridgehead atoms. The summed E-state index contributed by atoms with van der Waals surface area (Å²) in [5, 5.41) is 5.83. The van der Waals surface area contributed by atoms with Crippen molar-refractivity contribution in [1.82, 2.24) is 19.9 Å². The molecular weight excluding hydrogens is 753 g/mol. The van der Waals surface area contributed by atoms with Gasteiger partial charge in [-0.05, 0) is 41.0 Å². The number of nitrogens with zero attached hydrogens (tertiary/aromatic N) is 4. The van der Waals surface area contributed by atoms with Gasteiger partial charge < -0.3 is 4.42 Å². The van der Waals surface area contributed by atoms with E-state index in [0.29, 0.717) is 17.5 Å². The summed E-state index contributed by atoms with van der Waals surface area (Å²) in [6.45, 7) is 0. The van der Waals surface area contributed by atoms with Crippen molar-refractivity contribution in [1.29, 1.82) is 0 Å². The lowest BCUT2D eigenvalue weighted by atomic mass is 9.94. The van der Waals surface area contributed by atoms with E-state index in [0.717, 1.165) is 83.0 Å². The van der Waals surface area contributed by atoms with Crippen molar-refractivity contribution in [3.05, 3.63) is 194 Å². The lowest BCUT2D eigenvalue weighted by Gasteiger charge is -2.13. The molecule has 0 aliphatic heterocycles. The van der Waals surface area contributed by atoms with Crippen LogP contribution in [0.3, 0.4) is 0 Å². The maximum Gasteiger partial charge on any atom is 0.164 e. The Labute approximate surface area is 348 Å². The fraction of sp³-hybridized carbons (Fsp3) is 0. The van der Waals surface area contributed by atoms with Crippen molar-refractivity contribution in [2.75, 3.05) is 0 Å². The van der Waals surface area contributed by atoms with Crippen LogP contribution in [-0.4, -0.2) is 19.9 Å². The molecule has 5 nitrogen and oxygen atoms in total. The minimum Gasteiger partial charge on any atom is -0.455 e. The zero-order chi connectivity index (χ0) is 39.6. The molecule has 0 amide bonds. The Morgan fingerprint density at radius 3 is 1.73 bits per heavy atom. The number of hydrogen-bond donors (Lipinski definition) is 0. The Kier molecular flexibility index (Phi) is 7.96. The third-order valence-electron chi connectivity index (χ3n) is 11.3. The van der Waals surface area contributed by atoms with Gasteiger partial charge in [0.05, 0.1) is 15.9 Å². The summed E-state index contributed by atoms with van der Waals surface area (Å²) in [4.78, 5) is 20.6. The highest BCUT2D eigenvalue weighted by Crippen LogP contribution is 2.46. The van der Waals surface area contributed by atoms with E-state index in [9.17, 15) is 0 Å². The van der Waals surface area contributed by atoms with E-state index in [-0.39, 0.29) is 0 Å². The lowest BCUT2D eigenvalue weighted by molar-refractivity contribution is 0.670. The van der Waals surface area contributed by atoms with Gasteiger partial charge in [0, 0.05) is 59.4 Å². The maximum absolute atomic E-state index is 6.37. The molecule has 4 aromatic heterocycles. The Morgan fingerprint density at radius 2 is 0.933 bits per heavy atom. The van der Waals surface area contributed by atoms with E-state index in [2.05, 4.69) is 146 Å². The average molecular weight is 785 g/mol. The van der Waals surface area contributed by atoms with Crippen LogP contribution < -0.4 is 0 Å². The first-order chi connectivity index (χ1) is 29.7. The number of benzene rings is 8. The van der Waals surface area contributed by atoms with Gasteiger partial charge in [0.2, 0.25) is 0 Å². The molecule has 0 radical (unpaired) electrons. The molecule has 0 aliphatic rings. The van der Waals surface area contributed by atoms with Crippen molar-refractivity contribution in [3.8, 4) is 67.7 Å². The summed E-state index contributed by atoms with van der Waals surface area (Å²) < 4.78 is 8.80. The molecule has 0 spiro atoms. The fourth-order valence-corrected chi connectivity index (χ4v) is 9.73. The van der Waals surface area contributed by atoms with Crippen LogP contribution in [0.2, 0.25) is 0 Å². The van der Waals surface area contributed by atoms with Crippen LogP contribution >= 0.6 is 11.3 Å². The molecule has 0 N–H and O–H groups in total. The van der Waals surface area contributed by atoms with Crippen molar-refractivity contribution >= 4 is 64.4 Å². The monoisotopic (exact) mass is 784 g/mol. The van der Waals surface area contributed by atoms with Crippen molar-refractivity contribution in [2.24, 2.45) is 0 Å². The van der Waals surface area contributed by atoms with Gasteiger partial charge in [0.1, 0.15) is 11.2 Å². The molecule has 8 aromatic carbocycles. The molecule has 12 rings (SSSR count). The van der Waals surface area contributed by atoms with Crippen LogP contribution in [0.5, 0.6) is 0 Å². The number of furan rings is 1. The van der Waals surface area contributed by atoms with Gasteiger partial charge >= 0.3 is 0 Å². The molecule has 0 atom stereocenters. The molecule has 4 heterocycles. The zero-order valence-electron chi connectivity index (χ0n) is 32.1. The van der Waals surface area contributed by atoms with Gasteiger partial charge in [-0.1, -0.05) is 170 Å². The standard InChI is InChI=1S/C54H32N4OS/c1-3-14-34(15-4-1)49-51-48(43-21-8-10-27-46(43)60-51)47-39(22-13-25-44(47)55-49)37-18-11-19-38(32-37)54-57-52(35-16-5-2-6-17-35)56-53(58-54)36-30-28-33(29-31-36)40-23-12-24-42-41-20-7-9-26-45(41)59-50(40)42/h1-32H. The normalized spacial score (nSPS) is 11.7. The van der Waals surface area contributed by atoms with Crippen LogP contribution in [0.1, 0.15) is 0 Å². The minimum atomic E-state index is 0.604. The van der Waals surface area contributed by atoms with Crippen molar-refractivity contribution in [2.45, 2.75) is 0 Å². The summed E-state index contributed by atoms with van der Waals surface area (Å²) >= 11 is 1.81. The maximum atomic E-state index is 6.37. The Morgan fingerprint density at radius 1 is 0.367 bits per heavy atom. The fourth-order valence-electron chi connectivity index (χ4n) is 8.51. The van der Waals surface area contributed by atoms with E-state index in [1.54, 1.807) is 0 Å². The van der Waals surface area contributed by atoms with E-state index >= 15 is 0 Å². The Hall–Kier alpha value is -7.80. The largest absolute Gasteiger partial charge is 0.455 e. The predicted molar refractivity (Wildman–Crippen MR) is 248 cm³/mol. The van der Waals surface area contributed by atoms with E-state index in [4.69, 9.17) is 24.4 Å². The van der Waals surface area contributed by atoms with Crippen LogP contribution in [-0.2, 0) is 0 Å². The molecule has 12 aromatic rings. The molecule has 0 fully saturated rings. The van der Waals surface area contributed by atoms with Gasteiger partial charge in [-0.2, -0.15) is 0 Å². The molecule has 280 valence electrons. The quantitative estimate of drug-likeness (QED) is 0.168. The van der Waals surface area contributed by atoms with Gasteiger partial charge in [-0.3, -0.25) is 0 Å². The highest BCUT2D eigenvalue weighted by molar-refractivity contribution is 7.26. The van der Waals surface area contributed by atoms with Crippen molar-refractivity contribution < 1.29 is 4.42 Å². The predicted octanol–water partition coefficient (Wildman–Crippen LogP) is 14.7. The first-order valence-electron chi connectivity index (χ1n) is 20.0. The van der Waals surface area contributed by atoms with Gasteiger partial charge in [-0.15, -0.1) is 11.3 Å². The summed E-state index contributed by atoms with van der Waals surface area (Å²) in [5.41, 5.74) is 11.8. The van der Waals surface area contributed by atoms with Gasteiger partial charge in [0.15, 0.2) is 17.5 Å².